The van der Waals surface area contributed by atoms with Gasteiger partial charge in [-0.1, -0.05) is 0 Å². The monoisotopic (exact) mass is 225 g/mol. The van der Waals surface area contributed by atoms with Crippen molar-refractivity contribution in [2.24, 2.45) is 5.73 Å². The Kier molecular flexibility index (Phi) is 4.41. The van der Waals surface area contributed by atoms with Crippen LogP contribution in [0.1, 0.15) is 12.8 Å². The van der Waals surface area contributed by atoms with Crippen LogP contribution in [0.4, 0.5) is 13.2 Å². The van der Waals surface area contributed by atoms with Gasteiger partial charge in [-0.15, -0.1) is 0 Å². The van der Waals surface area contributed by atoms with Crippen molar-refractivity contribution < 1.29 is 22.6 Å². The van der Waals surface area contributed by atoms with E-state index in [2.05, 4.69) is 4.74 Å². The van der Waals surface area contributed by atoms with Crippen LogP contribution in [0.3, 0.4) is 0 Å². The van der Waals surface area contributed by atoms with Gasteiger partial charge in [0.1, 0.15) is 12.4 Å². The van der Waals surface area contributed by atoms with Crippen molar-refractivity contribution in [2.45, 2.75) is 25.1 Å². The summed E-state index contributed by atoms with van der Waals surface area (Å²) in [5, 5.41) is 0. The fourth-order valence-electron chi connectivity index (χ4n) is 1.22. The summed E-state index contributed by atoms with van der Waals surface area (Å²) in [4.78, 5) is 0. The van der Waals surface area contributed by atoms with Crippen molar-refractivity contribution in [1.29, 1.82) is 0 Å². The molecule has 88 valence electrons. The second-order valence-corrected chi connectivity index (χ2v) is 3.33. The Bertz CT molecular complexity index is 228. The Balaban J connectivity index is 2.23. The van der Waals surface area contributed by atoms with Gasteiger partial charge < -0.3 is 15.2 Å². The quantitative estimate of drug-likeness (QED) is 0.790. The molecule has 1 atom stereocenters. The van der Waals surface area contributed by atoms with Crippen LogP contribution in [0.15, 0.2) is 11.8 Å². The Morgan fingerprint density at radius 2 is 2.27 bits per heavy atom. The molecule has 0 bridgehead atoms. The van der Waals surface area contributed by atoms with Crippen molar-refractivity contribution in [3.05, 3.63) is 11.8 Å². The van der Waals surface area contributed by atoms with Crippen LogP contribution in [-0.4, -0.2) is 32.0 Å². The first-order chi connectivity index (χ1) is 6.99. The van der Waals surface area contributed by atoms with E-state index >= 15 is 0 Å². The van der Waals surface area contributed by atoms with Gasteiger partial charge in [-0.05, 0) is 18.9 Å². The lowest BCUT2D eigenvalue weighted by Gasteiger charge is -2.20. The fraction of sp³-hybridized carbons (Fsp3) is 0.778. The first-order valence-electron chi connectivity index (χ1n) is 4.72. The number of hydrogen-bond acceptors (Lipinski definition) is 3. The molecule has 2 N–H and O–H groups in total. The summed E-state index contributed by atoms with van der Waals surface area (Å²) in [6.07, 6.45) is -0.741. The molecule has 1 aliphatic rings. The summed E-state index contributed by atoms with van der Waals surface area (Å²) in [5.41, 5.74) is 5.59. The molecule has 15 heavy (non-hydrogen) atoms. The topological polar surface area (TPSA) is 44.5 Å². The molecule has 1 heterocycles. The van der Waals surface area contributed by atoms with Crippen LogP contribution >= 0.6 is 0 Å². The molecule has 0 aromatic heterocycles. The fourth-order valence-corrected chi connectivity index (χ4v) is 1.22. The van der Waals surface area contributed by atoms with Crippen molar-refractivity contribution in [3.8, 4) is 0 Å². The molecule has 0 saturated heterocycles. The minimum atomic E-state index is -4.30. The molecule has 3 nitrogen and oxygen atoms in total. The third-order valence-corrected chi connectivity index (χ3v) is 1.89. The number of hydrogen-bond donors (Lipinski definition) is 1. The minimum Gasteiger partial charge on any atom is -0.497 e. The summed E-state index contributed by atoms with van der Waals surface area (Å²) in [5.74, 6) is 0.531. The number of allylic oxidation sites excluding steroid dienone is 1. The summed E-state index contributed by atoms with van der Waals surface area (Å²) >= 11 is 0. The van der Waals surface area contributed by atoms with Crippen molar-refractivity contribution in [1.82, 2.24) is 0 Å². The summed E-state index contributed by atoms with van der Waals surface area (Å²) in [7, 11) is 0. The molecule has 0 aliphatic carbocycles. The largest absolute Gasteiger partial charge is 0.497 e. The standard InChI is InChI=1S/C9H14F3NO2/c10-9(11,12)6-14-5-7(13)8-3-1-2-4-15-8/h3,7H,1-2,4-6,13H2. The number of alkyl halides is 3. The number of rotatable bonds is 4. The molecule has 0 aromatic rings. The van der Waals surface area contributed by atoms with E-state index in [1.54, 1.807) is 6.08 Å². The Morgan fingerprint density at radius 3 is 2.80 bits per heavy atom. The predicted molar refractivity (Wildman–Crippen MR) is 48.1 cm³/mol. The SMILES string of the molecule is NC(COCC(F)(F)F)C1=CCCCO1. The van der Waals surface area contributed by atoms with E-state index in [9.17, 15) is 13.2 Å². The van der Waals surface area contributed by atoms with Crippen LogP contribution in [0.25, 0.3) is 0 Å². The molecule has 1 rings (SSSR count). The lowest BCUT2D eigenvalue weighted by Crippen LogP contribution is -2.32. The van der Waals surface area contributed by atoms with Crippen molar-refractivity contribution in [3.63, 3.8) is 0 Å². The average Bonchev–Trinajstić information content (AvgIpc) is 2.17. The number of ether oxygens (including phenoxy) is 2. The Hall–Kier alpha value is -0.750. The molecule has 1 unspecified atom stereocenters. The van der Waals surface area contributed by atoms with Gasteiger partial charge in [0, 0.05) is 0 Å². The zero-order valence-electron chi connectivity index (χ0n) is 8.22. The van der Waals surface area contributed by atoms with Gasteiger partial charge in [-0.25, -0.2) is 0 Å². The van der Waals surface area contributed by atoms with E-state index in [0.29, 0.717) is 12.4 Å². The molecule has 0 saturated carbocycles. The molecule has 6 heteroatoms. The van der Waals surface area contributed by atoms with E-state index in [1.807, 2.05) is 0 Å². The summed E-state index contributed by atoms with van der Waals surface area (Å²) < 4.78 is 44.8. The third kappa shape index (κ3) is 5.03. The molecule has 0 amide bonds. The van der Waals surface area contributed by atoms with Gasteiger partial charge in [-0.3, -0.25) is 0 Å². The maximum absolute atomic E-state index is 11.7. The van der Waals surface area contributed by atoms with Crippen LogP contribution < -0.4 is 5.73 Å². The highest BCUT2D eigenvalue weighted by Gasteiger charge is 2.28. The van der Waals surface area contributed by atoms with Gasteiger partial charge in [0.15, 0.2) is 0 Å². The zero-order chi connectivity index (χ0) is 11.3. The normalized spacial score (nSPS) is 19.3. The highest BCUT2D eigenvalue weighted by atomic mass is 19.4. The summed E-state index contributed by atoms with van der Waals surface area (Å²) in [6.45, 7) is -0.877. The lowest BCUT2D eigenvalue weighted by atomic mass is 10.2. The second-order valence-electron chi connectivity index (χ2n) is 3.33. The molecule has 0 aromatic carbocycles. The molecule has 1 aliphatic heterocycles. The Labute approximate surface area is 86.0 Å². The van der Waals surface area contributed by atoms with Crippen LogP contribution in [0.2, 0.25) is 0 Å². The maximum atomic E-state index is 11.7. The van der Waals surface area contributed by atoms with E-state index in [1.165, 1.54) is 0 Å². The number of halogens is 3. The predicted octanol–water partition coefficient (Wildman–Crippen LogP) is 1.59. The smallest absolute Gasteiger partial charge is 0.411 e. The Morgan fingerprint density at radius 1 is 1.53 bits per heavy atom. The van der Waals surface area contributed by atoms with Crippen molar-refractivity contribution in [2.75, 3.05) is 19.8 Å². The molecule has 0 radical (unpaired) electrons. The van der Waals surface area contributed by atoms with E-state index in [0.717, 1.165) is 12.8 Å². The van der Waals surface area contributed by atoms with Gasteiger partial charge >= 0.3 is 6.18 Å². The van der Waals surface area contributed by atoms with E-state index < -0.39 is 18.8 Å². The molecular weight excluding hydrogens is 211 g/mol. The van der Waals surface area contributed by atoms with Gasteiger partial charge in [0.2, 0.25) is 0 Å². The van der Waals surface area contributed by atoms with E-state index in [-0.39, 0.29) is 6.61 Å². The van der Waals surface area contributed by atoms with Crippen molar-refractivity contribution >= 4 is 0 Å². The highest BCUT2D eigenvalue weighted by Crippen LogP contribution is 2.16. The van der Waals surface area contributed by atoms with Gasteiger partial charge in [0.25, 0.3) is 0 Å². The third-order valence-electron chi connectivity index (χ3n) is 1.89. The van der Waals surface area contributed by atoms with Gasteiger partial charge in [0.05, 0.1) is 19.3 Å². The second kappa shape index (κ2) is 5.37. The highest BCUT2D eigenvalue weighted by molar-refractivity contribution is 5.04. The summed E-state index contributed by atoms with van der Waals surface area (Å²) in [6, 6.07) is -0.604. The lowest BCUT2D eigenvalue weighted by molar-refractivity contribution is -0.174. The van der Waals surface area contributed by atoms with Crippen LogP contribution in [0.5, 0.6) is 0 Å². The first kappa shape index (κ1) is 12.3. The van der Waals surface area contributed by atoms with Gasteiger partial charge in [-0.2, -0.15) is 13.2 Å². The van der Waals surface area contributed by atoms with Crippen LogP contribution in [0, 0.1) is 0 Å². The minimum absolute atomic E-state index is 0.175. The molecule has 0 spiro atoms. The number of nitrogens with two attached hydrogens (primary N) is 1. The maximum Gasteiger partial charge on any atom is 0.411 e. The molecular formula is C9H14F3NO2. The van der Waals surface area contributed by atoms with E-state index in [4.69, 9.17) is 10.5 Å². The zero-order valence-corrected chi connectivity index (χ0v) is 8.22. The average molecular weight is 225 g/mol. The first-order valence-corrected chi connectivity index (χ1v) is 4.72. The van der Waals surface area contributed by atoms with Crippen LogP contribution in [-0.2, 0) is 9.47 Å². The molecule has 0 fully saturated rings.